The lowest BCUT2D eigenvalue weighted by atomic mass is 9.89. The van der Waals surface area contributed by atoms with Gasteiger partial charge in [-0.2, -0.15) is 0 Å². The molecule has 27 heavy (non-hydrogen) atoms. The van der Waals surface area contributed by atoms with Crippen LogP contribution in [0.4, 0.5) is 5.13 Å². The van der Waals surface area contributed by atoms with Crippen LogP contribution in [0.2, 0.25) is 0 Å². The van der Waals surface area contributed by atoms with E-state index in [2.05, 4.69) is 26.2 Å². The summed E-state index contributed by atoms with van der Waals surface area (Å²) in [6.45, 7) is 2.56. The fraction of sp³-hybridized carbons (Fsp3) is 0.450. The van der Waals surface area contributed by atoms with E-state index in [-0.39, 0.29) is 18.4 Å². The molecule has 1 N–H and O–H groups in total. The van der Waals surface area contributed by atoms with Crippen molar-refractivity contribution in [2.24, 2.45) is 5.92 Å². The number of hydrogen-bond donors (Lipinski definition) is 1. The number of nitrogens with zero attached hydrogens (tertiary/aromatic N) is 2. The van der Waals surface area contributed by atoms with Crippen LogP contribution in [0.5, 0.6) is 0 Å². The molecule has 0 spiro atoms. The van der Waals surface area contributed by atoms with Crippen LogP contribution < -0.4 is 5.32 Å². The van der Waals surface area contributed by atoms with E-state index >= 15 is 0 Å². The van der Waals surface area contributed by atoms with Gasteiger partial charge in [0.15, 0.2) is 5.13 Å². The van der Waals surface area contributed by atoms with E-state index in [9.17, 15) is 9.59 Å². The number of nitrogens with one attached hydrogen (secondary N) is 1. The number of halogens is 1. The Morgan fingerprint density at radius 2 is 1.93 bits per heavy atom. The van der Waals surface area contributed by atoms with Gasteiger partial charge in [-0.15, -0.1) is 11.3 Å². The molecule has 1 aliphatic rings. The second-order valence-corrected chi connectivity index (χ2v) is 8.81. The first-order valence-corrected chi connectivity index (χ1v) is 11.0. The molecule has 2 aromatic rings. The topological polar surface area (TPSA) is 62.3 Å². The molecule has 1 aromatic carbocycles. The standard InChI is InChI=1S/C20H24BrN3O2S/c1-14-13-27-20(22-14)23-18(25)12-24(11-15-5-3-2-4-6-15)19(26)16-7-9-17(21)10-8-16/h7-10,13,15H,2-6,11-12H2,1H3,(H,22,23,25). The van der Waals surface area contributed by atoms with E-state index in [1.807, 2.05) is 24.4 Å². The van der Waals surface area contributed by atoms with Crippen molar-refractivity contribution in [2.75, 3.05) is 18.4 Å². The highest BCUT2D eigenvalue weighted by molar-refractivity contribution is 9.10. The van der Waals surface area contributed by atoms with Crippen LogP contribution in [0, 0.1) is 12.8 Å². The van der Waals surface area contributed by atoms with Crippen molar-refractivity contribution >= 4 is 44.2 Å². The minimum atomic E-state index is -0.203. The molecular weight excluding hydrogens is 426 g/mol. The van der Waals surface area contributed by atoms with Crippen molar-refractivity contribution in [3.63, 3.8) is 0 Å². The van der Waals surface area contributed by atoms with Crippen molar-refractivity contribution in [3.8, 4) is 0 Å². The number of carbonyl (C=O) groups is 2. The summed E-state index contributed by atoms with van der Waals surface area (Å²) in [6.07, 6.45) is 5.92. The Morgan fingerprint density at radius 1 is 1.22 bits per heavy atom. The van der Waals surface area contributed by atoms with Crippen LogP contribution in [0.15, 0.2) is 34.1 Å². The molecule has 0 bridgehead atoms. The third-order valence-corrected chi connectivity index (χ3v) is 6.19. The normalized spacial score (nSPS) is 14.7. The first kappa shape index (κ1) is 20.0. The summed E-state index contributed by atoms with van der Waals surface area (Å²) in [4.78, 5) is 31.5. The van der Waals surface area contributed by atoms with E-state index in [4.69, 9.17) is 0 Å². The second kappa shape index (κ2) is 9.46. The minimum absolute atomic E-state index is 0.0457. The molecule has 0 atom stereocenters. The van der Waals surface area contributed by atoms with Gasteiger partial charge in [0, 0.05) is 22.0 Å². The van der Waals surface area contributed by atoms with Gasteiger partial charge in [0.05, 0.1) is 5.69 Å². The smallest absolute Gasteiger partial charge is 0.254 e. The molecule has 1 saturated carbocycles. The Balaban J connectivity index is 1.70. The number of hydrogen-bond acceptors (Lipinski definition) is 4. The van der Waals surface area contributed by atoms with Crippen LogP contribution in [-0.2, 0) is 4.79 Å². The minimum Gasteiger partial charge on any atom is -0.329 e. The number of carbonyl (C=O) groups excluding carboxylic acids is 2. The zero-order chi connectivity index (χ0) is 19.2. The summed E-state index contributed by atoms with van der Waals surface area (Å²) in [6, 6.07) is 7.29. The van der Waals surface area contributed by atoms with E-state index in [0.29, 0.717) is 23.2 Å². The fourth-order valence-electron chi connectivity index (χ4n) is 3.42. The highest BCUT2D eigenvalue weighted by atomic mass is 79.9. The second-order valence-electron chi connectivity index (χ2n) is 7.04. The average Bonchev–Trinajstić information content (AvgIpc) is 3.06. The maximum absolute atomic E-state index is 13.0. The summed E-state index contributed by atoms with van der Waals surface area (Å²) in [5.41, 5.74) is 1.48. The number of thiazole rings is 1. The van der Waals surface area contributed by atoms with E-state index in [1.165, 1.54) is 30.6 Å². The van der Waals surface area contributed by atoms with Crippen molar-refractivity contribution in [1.29, 1.82) is 0 Å². The molecule has 0 aliphatic heterocycles. The van der Waals surface area contributed by atoms with E-state index in [1.54, 1.807) is 17.0 Å². The first-order chi connectivity index (χ1) is 13.0. The fourth-order valence-corrected chi connectivity index (χ4v) is 4.39. The van der Waals surface area contributed by atoms with E-state index in [0.717, 1.165) is 23.0 Å². The third-order valence-electron chi connectivity index (χ3n) is 4.78. The molecule has 0 radical (unpaired) electrons. The lowest BCUT2D eigenvalue weighted by Crippen LogP contribution is -2.41. The van der Waals surface area contributed by atoms with Crippen LogP contribution in [0.1, 0.15) is 48.2 Å². The molecule has 7 heteroatoms. The average molecular weight is 450 g/mol. The first-order valence-electron chi connectivity index (χ1n) is 9.28. The van der Waals surface area contributed by atoms with Gasteiger partial charge in [0.1, 0.15) is 6.54 Å². The maximum Gasteiger partial charge on any atom is 0.254 e. The van der Waals surface area contributed by atoms with Crippen LogP contribution >= 0.6 is 27.3 Å². The van der Waals surface area contributed by atoms with Gasteiger partial charge in [-0.25, -0.2) is 4.98 Å². The summed E-state index contributed by atoms with van der Waals surface area (Å²) < 4.78 is 0.926. The number of rotatable bonds is 6. The van der Waals surface area contributed by atoms with Gasteiger partial charge < -0.3 is 10.2 Å². The largest absolute Gasteiger partial charge is 0.329 e. The monoisotopic (exact) mass is 449 g/mol. The number of benzene rings is 1. The molecule has 1 heterocycles. The van der Waals surface area contributed by atoms with E-state index < -0.39 is 0 Å². The molecule has 0 unspecified atom stereocenters. The summed E-state index contributed by atoms with van der Waals surface area (Å²) in [7, 11) is 0. The number of amides is 2. The summed E-state index contributed by atoms with van der Waals surface area (Å²) >= 11 is 4.79. The number of anilines is 1. The summed E-state index contributed by atoms with van der Waals surface area (Å²) in [5, 5.41) is 5.28. The van der Waals surface area contributed by atoms with Crippen molar-refractivity contribution in [2.45, 2.75) is 39.0 Å². The zero-order valence-electron chi connectivity index (χ0n) is 15.4. The predicted octanol–water partition coefficient (Wildman–Crippen LogP) is 4.88. The quantitative estimate of drug-likeness (QED) is 0.683. The Bertz CT molecular complexity index is 785. The molecule has 3 rings (SSSR count). The Morgan fingerprint density at radius 3 is 2.56 bits per heavy atom. The van der Waals surface area contributed by atoms with Gasteiger partial charge in [-0.05, 0) is 49.9 Å². The molecule has 1 fully saturated rings. The number of aryl methyl sites for hydroxylation is 1. The Labute approximate surface area is 172 Å². The van der Waals surface area contributed by atoms with Gasteiger partial charge in [0.2, 0.25) is 5.91 Å². The van der Waals surface area contributed by atoms with Crippen molar-refractivity contribution in [3.05, 3.63) is 45.4 Å². The van der Waals surface area contributed by atoms with Gasteiger partial charge in [-0.1, -0.05) is 35.2 Å². The van der Waals surface area contributed by atoms with Crippen LogP contribution in [-0.4, -0.2) is 34.8 Å². The zero-order valence-corrected chi connectivity index (χ0v) is 17.8. The van der Waals surface area contributed by atoms with Crippen molar-refractivity contribution < 1.29 is 9.59 Å². The molecule has 144 valence electrons. The highest BCUT2D eigenvalue weighted by Crippen LogP contribution is 2.25. The molecule has 5 nitrogen and oxygen atoms in total. The molecule has 1 aromatic heterocycles. The SMILES string of the molecule is Cc1csc(NC(=O)CN(CC2CCCCC2)C(=O)c2ccc(Br)cc2)n1. The van der Waals surface area contributed by atoms with Gasteiger partial charge in [-0.3, -0.25) is 9.59 Å². The Hall–Kier alpha value is -1.73. The van der Waals surface area contributed by atoms with Crippen molar-refractivity contribution in [1.82, 2.24) is 9.88 Å². The molecule has 0 saturated heterocycles. The molecule has 2 amide bonds. The Kier molecular flexibility index (Phi) is 7.01. The summed E-state index contributed by atoms with van der Waals surface area (Å²) in [5.74, 6) is 0.164. The molecule has 1 aliphatic carbocycles. The molecular formula is C20H24BrN3O2S. The highest BCUT2D eigenvalue weighted by Gasteiger charge is 2.24. The lowest BCUT2D eigenvalue weighted by molar-refractivity contribution is -0.117. The predicted molar refractivity (Wildman–Crippen MR) is 112 cm³/mol. The third kappa shape index (κ3) is 5.87. The lowest BCUT2D eigenvalue weighted by Gasteiger charge is -2.29. The van der Waals surface area contributed by atoms with Crippen LogP contribution in [0.25, 0.3) is 0 Å². The van der Waals surface area contributed by atoms with Gasteiger partial charge >= 0.3 is 0 Å². The maximum atomic E-state index is 13.0. The number of aromatic nitrogens is 1. The van der Waals surface area contributed by atoms with Gasteiger partial charge in [0.25, 0.3) is 5.91 Å². The van der Waals surface area contributed by atoms with Crippen LogP contribution in [0.3, 0.4) is 0 Å².